The van der Waals surface area contributed by atoms with E-state index in [1.54, 1.807) is 6.92 Å². The minimum Gasteiger partial charge on any atom is -0.494 e. The molecule has 0 saturated heterocycles. The van der Waals surface area contributed by atoms with Crippen LogP contribution in [0.3, 0.4) is 0 Å². The van der Waals surface area contributed by atoms with Gasteiger partial charge in [-0.1, -0.05) is 42.5 Å². The Bertz CT molecular complexity index is 891. The lowest BCUT2D eigenvalue weighted by Crippen LogP contribution is -2.52. The maximum atomic E-state index is 11.8. The van der Waals surface area contributed by atoms with E-state index < -0.39 is 11.5 Å². The zero-order chi connectivity index (χ0) is 22.1. The summed E-state index contributed by atoms with van der Waals surface area (Å²) in [6.07, 6.45) is 8.23. The van der Waals surface area contributed by atoms with E-state index in [-0.39, 0.29) is 6.54 Å². The highest BCUT2D eigenvalue weighted by molar-refractivity contribution is 5.83. The van der Waals surface area contributed by atoms with Crippen LogP contribution in [0.2, 0.25) is 0 Å². The predicted octanol–water partition coefficient (Wildman–Crippen LogP) is 4.33. The van der Waals surface area contributed by atoms with Crippen molar-refractivity contribution in [1.82, 2.24) is 0 Å². The normalized spacial score (nSPS) is 15.3. The Morgan fingerprint density at radius 2 is 1.81 bits per heavy atom. The van der Waals surface area contributed by atoms with Crippen LogP contribution in [0.4, 0.5) is 0 Å². The molecule has 0 spiro atoms. The highest BCUT2D eigenvalue weighted by Gasteiger charge is 2.27. The number of benzene rings is 2. The maximum absolute atomic E-state index is 11.8. The van der Waals surface area contributed by atoms with E-state index in [1.807, 2.05) is 0 Å². The SMILES string of the molecule is CC(N)(CN)C(=O)OCCCCCOc1ccc2c(c1)CCCC(c1ccccc1)=C2. The van der Waals surface area contributed by atoms with Gasteiger partial charge in [-0.15, -0.1) is 0 Å². The van der Waals surface area contributed by atoms with E-state index in [9.17, 15) is 4.79 Å². The van der Waals surface area contributed by atoms with Crippen molar-refractivity contribution in [1.29, 1.82) is 0 Å². The van der Waals surface area contributed by atoms with Gasteiger partial charge in [-0.25, -0.2) is 0 Å². The molecule has 0 saturated carbocycles. The molecule has 1 aliphatic carbocycles. The topological polar surface area (TPSA) is 87.6 Å². The summed E-state index contributed by atoms with van der Waals surface area (Å²) in [5.41, 5.74) is 15.5. The molecule has 4 N–H and O–H groups in total. The Morgan fingerprint density at radius 1 is 1.03 bits per heavy atom. The summed E-state index contributed by atoms with van der Waals surface area (Å²) >= 11 is 0. The quantitative estimate of drug-likeness (QED) is 0.439. The molecular weight excluding hydrogens is 388 g/mol. The van der Waals surface area contributed by atoms with Crippen LogP contribution in [-0.4, -0.2) is 31.3 Å². The van der Waals surface area contributed by atoms with Crippen molar-refractivity contribution in [3.8, 4) is 5.75 Å². The van der Waals surface area contributed by atoms with Crippen LogP contribution in [0.1, 0.15) is 55.7 Å². The second-order valence-corrected chi connectivity index (χ2v) is 8.42. The number of carbonyl (C=O) groups is 1. The van der Waals surface area contributed by atoms with E-state index in [2.05, 4.69) is 54.6 Å². The van der Waals surface area contributed by atoms with E-state index in [1.165, 1.54) is 22.3 Å². The molecule has 0 fully saturated rings. The highest BCUT2D eigenvalue weighted by atomic mass is 16.5. The molecule has 0 amide bonds. The molecule has 0 heterocycles. The number of allylic oxidation sites excluding steroid dienone is 1. The molecule has 0 aliphatic heterocycles. The van der Waals surface area contributed by atoms with Gasteiger partial charge in [-0.05, 0) is 79.8 Å². The van der Waals surface area contributed by atoms with Crippen LogP contribution in [0.15, 0.2) is 48.5 Å². The molecule has 0 bridgehead atoms. The van der Waals surface area contributed by atoms with E-state index in [0.717, 1.165) is 44.3 Å². The second kappa shape index (κ2) is 11.1. The predicted molar refractivity (Wildman–Crippen MR) is 126 cm³/mol. The average molecular weight is 423 g/mol. The Hall–Kier alpha value is -2.63. The summed E-state index contributed by atoms with van der Waals surface area (Å²) in [4.78, 5) is 11.8. The van der Waals surface area contributed by atoms with Gasteiger partial charge in [0.25, 0.3) is 0 Å². The van der Waals surface area contributed by atoms with Gasteiger partial charge in [-0.3, -0.25) is 4.79 Å². The summed E-state index contributed by atoms with van der Waals surface area (Å²) in [5, 5.41) is 0. The van der Waals surface area contributed by atoms with Crippen molar-refractivity contribution >= 4 is 17.6 Å². The first kappa shape index (κ1) is 23.0. The first-order valence-electron chi connectivity index (χ1n) is 11.2. The molecule has 1 atom stereocenters. The number of hydrogen-bond donors (Lipinski definition) is 2. The van der Waals surface area contributed by atoms with Gasteiger partial charge in [0.15, 0.2) is 0 Å². The Labute approximate surface area is 185 Å². The molecule has 2 aromatic carbocycles. The fourth-order valence-corrected chi connectivity index (χ4v) is 3.62. The lowest BCUT2D eigenvalue weighted by atomic mass is 10.0. The molecule has 1 unspecified atom stereocenters. The number of nitrogens with two attached hydrogens (primary N) is 2. The Kier molecular flexibility index (Phi) is 8.27. The molecular formula is C26H34N2O3. The zero-order valence-electron chi connectivity index (χ0n) is 18.4. The molecule has 0 radical (unpaired) electrons. The Balaban J connectivity index is 1.43. The number of rotatable bonds is 10. The second-order valence-electron chi connectivity index (χ2n) is 8.42. The third kappa shape index (κ3) is 6.68. The average Bonchev–Trinajstić information content (AvgIpc) is 3.01. The number of fused-ring (bicyclic) bond motifs is 1. The molecule has 0 aromatic heterocycles. The highest BCUT2D eigenvalue weighted by Crippen LogP contribution is 2.31. The van der Waals surface area contributed by atoms with Crippen LogP contribution >= 0.6 is 0 Å². The number of unbranched alkanes of at least 4 members (excludes halogenated alkanes) is 2. The minimum atomic E-state index is -1.11. The van der Waals surface area contributed by atoms with E-state index in [4.69, 9.17) is 20.9 Å². The number of ether oxygens (including phenoxy) is 2. The summed E-state index contributed by atoms with van der Waals surface area (Å²) < 4.78 is 11.1. The first-order chi connectivity index (χ1) is 15.0. The molecule has 5 nitrogen and oxygen atoms in total. The van der Waals surface area contributed by atoms with Gasteiger partial charge >= 0.3 is 5.97 Å². The third-order valence-electron chi connectivity index (χ3n) is 5.66. The largest absolute Gasteiger partial charge is 0.494 e. The van der Waals surface area contributed by atoms with E-state index in [0.29, 0.717) is 13.2 Å². The number of aryl methyl sites for hydroxylation is 1. The summed E-state index contributed by atoms with van der Waals surface area (Å²) in [5.74, 6) is 0.476. The first-order valence-corrected chi connectivity index (χ1v) is 11.2. The molecule has 1 aliphatic rings. The van der Waals surface area contributed by atoms with Crippen molar-refractivity contribution in [2.24, 2.45) is 11.5 Å². The fourth-order valence-electron chi connectivity index (χ4n) is 3.62. The fraction of sp³-hybridized carbons (Fsp3) is 0.423. The van der Waals surface area contributed by atoms with Crippen molar-refractivity contribution in [2.45, 2.75) is 51.0 Å². The monoisotopic (exact) mass is 422 g/mol. The van der Waals surface area contributed by atoms with Crippen LogP contribution in [0.5, 0.6) is 5.75 Å². The van der Waals surface area contributed by atoms with Crippen LogP contribution in [-0.2, 0) is 16.0 Å². The van der Waals surface area contributed by atoms with Gasteiger partial charge in [0.05, 0.1) is 13.2 Å². The van der Waals surface area contributed by atoms with Gasteiger partial charge in [0, 0.05) is 6.54 Å². The minimum absolute atomic E-state index is 0.0732. The molecule has 166 valence electrons. The zero-order valence-corrected chi connectivity index (χ0v) is 18.4. The summed E-state index contributed by atoms with van der Waals surface area (Å²) in [6, 6.07) is 17.0. The van der Waals surface area contributed by atoms with Crippen molar-refractivity contribution in [3.63, 3.8) is 0 Å². The van der Waals surface area contributed by atoms with E-state index >= 15 is 0 Å². The smallest absolute Gasteiger partial charge is 0.327 e. The van der Waals surface area contributed by atoms with Crippen molar-refractivity contribution in [2.75, 3.05) is 19.8 Å². The van der Waals surface area contributed by atoms with Crippen molar-refractivity contribution < 1.29 is 14.3 Å². The maximum Gasteiger partial charge on any atom is 0.327 e. The molecule has 3 rings (SSSR count). The van der Waals surface area contributed by atoms with Crippen LogP contribution in [0, 0.1) is 0 Å². The Morgan fingerprint density at radius 3 is 2.58 bits per heavy atom. The summed E-state index contributed by atoms with van der Waals surface area (Å²) in [6.45, 7) is 2.67. The third-order valence-corrected chi connectivity index (χ3v) is 5.66. The van der Waals surface area contributed by atoms with Crippen molar-refractivity contribution in [3.05, 3.63) is 65.2 Å². The van der Waals surface area contributed by atoms with Gasteiger partial charge in [0.2, 0.25) is 0 Å². The number of hydrogen-bond acceptors (Lipinski definition) is 5. The molecule has 31 heavy (non-hydrogen) atoms. The van der Waals surface area contributed by atoms with Gasteiger partial charge in [0.1, 0.15) is 11.3 Å². The van der Waals surface area contributed by atoms with Crippen LogP contribution in [0.25, 0.3) is 11.6 Å². The number of esters is 1. The summed E-state index contributed by atoms with van der Waals surface area (Å²) in [7, 11) is 0. The lowest BCUT2D eigenvalue weighted by Gasteiger charge is -2.20. The standard InChI is InChI=1S/C26H34N2O3/c1-26(28,19-27)25(29)31-16-7-3-6-15-30-24-14-13-23-17-21(11-8-12-22(23)18-24)20-9-4-2-5-10-20/h2,4-5,9-10,13-14,17-18H,3,6-8,11-12,15-16,19,27-28H2,1H3. The van der Waals surface area contributed by atoms with Gasteiger partial charge < -0.3 is 20.9 Å². The molecule has 2 aromatic rings. The lowest BCUT2D eigenvalue weighted by molar-refractivity contribution is -0.149. The number of carbonyl (C=O) groups excluding carboxylic acids is 1. The van der Waals surface area contributed by atoms with Gasteiger partial charge in [-0.2, -0.15) is 0 Å². The van der Waals surface area contributed by atoms with Crippen LogP contribution < -0.4 is 16.2 Å². The molecule has 5 heteroatoms.